The van der Waals surface area contributed by atoms with Crippen LogP contribution in [0.3, 0.4) is 0 Å². The zero-order valence-electron chi connectivity index (χ0n) is 10.5. The zero-order valence-corrected chi connectivity index (χ0v) is 10.5. The van der Waals surface area contributed by atoms with Gasteiger partial charge in [-0.05, 0) is 23.6 Å². The minimum Gasteiger partial charge on any atom is -0.469 e. The molecule has 0 aromatic heterocycles. The molecule has 1 rings (SSSR count). The van der Waals surface area contributed by atoms with Crippen LogP contribution in [-0.4, -0.2) is 18.2 Å². The van der Waals surface area contributed by atoms with Gasteiger partial charge in [0.25, 0.3) is 0 Å². The van der Waals surface area contributed by atoms with Gasteiger partial charge in [0.15, 0.2) is 0 Å². The molecule has 2 unspecified atom stereocenters. The maximum absolute atomic E-state index is 13.1. The Labute approximate surface area is 104 Å². The molecule has 0 fully saturated rings. The summed E-state index contributed by atoms with van der Waals surface area (Å²) in [5, 5.41) is 10.1. The Hall–Kier alpha value is -1.49. The van der Waals surface area contributed by atoms with E-state index in [9.17, 15) is 18.7 Å². The molecule has 1 aromatic carbocycles. The number of halogens is 2. The molecule has 1 N–H and O–H groups in total. The highest BCUT2D eigenvalue weighted by Crippen LogP contribution is 2.29. The first-order valence-corrected chi connectivity index (χ1v) is 5.58. The molecule has 0 aliphatic rings. The van der Waals surface area contributed by atoms with Crippen LogP contribution < -0.4 is 0 Å². The molecule has 0 radical (unpaired) electrons. The molecule has 1 aromatic rings. The fraction of sp³-hybridized carbons (Fsp3) is 0.462. The van der Waals surface area contributed by atoms with Crippen LogP contribution in [0.4, 0.5) is 8.78 Å². The molecular formula is C13H16F2O3. The van der Waals surface area contributed by atoms with Crippen molar-refractivity contribution in [1.29, 1.82) is 0 Å². The van der Waals surface area contributed by atoms with E-state index in [1.54, 1.807) is 13.8 Å². The van der Waals surface area contributed by atoms with E-state index in [0.29, 0.717) is 6.07 Å². The first-order chi connectivity index (χ1) is 8.36. The number of hydrogen-bond donors (Lipinski definition) is 1. The summed E-state index contributed by atoms with van der Waals surface area (Å²) in [5.74, 6) is -3.29. The van der Waals surface area contributed by atoms with E-state index in [1.165, 1.54) is 7.11 Å². The largest absolute Gasteiger partial charge is 0.469 e. The van der Waals surface area contributed by atoms with E-state index in [1.807, 2.05) is 0 Å². The van der Waals surface area contributed by atoms with Gasteiger partial charge in [-0.15, -0.1) is 0 Å². The standard InChI is InChI=1S/C13H16F2O3/c1-7(2)11(13(17)18-3)12(16)8-4-9(14)6-10(15)5-8/h4-7,11-12,16H,1-3H3. The average molecular weight is 258 g/mol. The minimum atomic E-state index is -1.30. The minimum absolute atomic E-state index is 0.0246. The second kappa shape index (κ2) is 5.91. The number of carbonyl (C=O) groups excluding carboxylic acids is 1. The van der Waals surface area contributed by atoms with Crippen molar-refractivity contribution < 1.29 is 23.4 Å². The molecule has 18 heavy (non-hydrogen) atoms. The van der Waals surface area contributed by atoms with Crippen LogP contribution in [0.25, 0.3) is 0 Å². The van der Waals surface area contributed by atoms with Gasteiger partial charge in [-0.1, -0.05) is 13.8 Å². The normalized spacial score (nSPS) is 14.4. The van der Waals surface area contributed by atoms with E-state index in [-0.39, 0.29) is 11.5 Å². The second-order valence-electron chi connectivity index (χ2n) is 4.44. The van der Waals surface area contributed by atoms with Crippen molar-refractivity contribution in [3.8, 4) is 0 Å². The summed E-state index contributed by atoms with van der Waals surface area (Å²) >= 11 is 0. The monoisotopic (exact) mass is 258 g/mol. The lowest BCUT2D eigenvalue weighted by molar-refractivity contribution is -0.152. The molecule has 0 heterocycles. The number of carbonyl (C=O) groups is 1. The molecular weight excluding hydrogens is 242 g/mol. The van der Waals surface area contributed by atoms with Gasteiger partial charge in [0.2, 0.25) is 0 Å². The summed E-state index contributed by atoms with van der Waals surface area (Å²) < 4.78 is 30.7. The van der Waals surface area contributed by atoms with Gasteiger partial charge in [-0.25, -0.2) is 8.78 Å². The number of methoxy groups -OCH3 is 1. The van der Waals surface area contributed by atoms with Crippen molar-refractivity contribution in [2.75, 3.05) is 7.11 Å². The van der Waals surface area contributed by atoms with Crippen molar-refractivity contribution in [2.45, 2.75) is 20.0 Å². The Bertz CT molecular complexity index is 412. The number of hydrogen-bond acceptors (Lipinski definition) is 3. The van der Waals surface area contributed by atoms with Crippen LogP contribution in [0.1, 0.15) is 25.5 Å². The predicted molar refractivity (Wildman–Crippen MR) is 61.7 cm³/mol. The fourth-order valence-electron chi connectivity index (χ4n) is 1.85. The Kier molecular flexibility index (Phi) is 4.78. The third kappa shape index (κ3) is 3.26. The molecule has 0 amide bonds. The quantitative estimate of drug-likeness (QED) is 0.844. The molecule has 0 aliphatic heterocycles. The number of ether oxygens (including phenoxy) is 1. The molecule has 0 saturated heterocycles. The van der Waals surface area contributed by atoms with Crippen LogP contribution in [0.2, 0.25) is 0 Å². The Balaban J connectivity index is 3.09. The number of aliphatic hydroxyl groups is 1. The Morgan fingerprint density at radius 2 is 1.72 bits per heavy atom. The van der Waals surface area contributed by atoms with Crippen molar-refractivity contribution in [3.63, 3.8) is 0 Å². The highest BCUT2D eigenvalue weighted by atomic mass is 19.1. The van der Waals surface area contributed by atoms with Crippen LogP contribution in [-0.2, 0) is 9.53 Å². The summed E-state index contributed by atoms with van der Waals surface area (Å²) in [7, 11) is 1.20. The molecule has 0 saturated carbocycles. The molecule has 0 spiro atoms. The maximum atomic E-state index is 13.1. The van der Waals surface area contributed by atoms with Gasteiger partial charge in [-0.3, -0.25) is 4.79 Å². The Morgan fingerprint density at radius 3 is 2.11 bits per heavy atom. The summed E-state index contributed by atoms with van der Waals surface area (Å²) in [4.78, 5) is 11.6. The van der Waals surface area contributed by atoms with Gasteiger partial charge >= 0.3 is 5.97 Å². The van der Waals surface area contributed by atoms with E-state index in [4.69, 9.17) is 0 Å². The van der Waals surface area contributed by atoms with Gasteiger partial charge in [0.05, 0.1) is 19.1 Å². The average Bonchev–Trinajstić information content (AvgIpc) is 2.26. The summed E-state index contributed by atoms with van der Waals surface area (Å²) in [6, 6.07) is 2.72. The van der Waals surface area contributed by atoms with Crippen molar-refractivity contribution in [3.05, 3.63) is 35.4 Å². The van der Waals surface area contributed by atoms with Gasteiger partial charge in [0, 0.05) is 6.07 Å². The Morgan fingerprint density at radius 1 is 1.22 bits per heavy atom. The first kappa shape index (κ1) is 14.6. The topological polar surface area (TPSA) is 46.5 Å². The molecule has 2 atom stereocenters. The number of aliphatic hydroxyl groups excluding tert-OH is 1. The fourth-order valence-corrected chi connectivity index (χ4v) is 1.85. The van der Waals surface area contributed by atoms with Gasteiger partial charge in [0.1, 0.15) is 11.6 Å². The predicted octanol–water partition coefficient (Wildman–Crippen LogP) is 2.44. The third-order valence-electron chi connectivity index (χ3n) is 2.76. The van der Waals surface area contributed by atoms with Crippen LogP contribution in [0.15, 0.2) is 18.2 Å². The maximum Gasteiger partial charge on any atom is 0.311 e. The van der Waals surface area contributed by atoms with Gasteiger partial charge < -0.3 is 9.84 Å². The van der Waals surface area contributed by atoms with E-state index in [2.05, 4.69) is 4.74 Å². The molecule has 0 bridgehead atoms. The zero-order chi connectivity index (χ0) is 13.9. The second-order valence-corrected chi connectivity index (χ2v) is 4.44. The molecule has 0 aliphatic carbocycles. The van der Waals surface area contributed by atoms with E-state index in [0.717, 1.165) is 12.1 Å². The first-order valence-electron chi connectivity index (χ1n) is 5.58. The smallest absolute Gasteiger partial charge is 0.311 e. The van der Waals surface area contributed by atoms with Crippen LogP contribution in [0, 0.1) is 23.5 Å². The SMILES string of the molecule is COC(=O)C(C(C)C)C(O)c1cc(F)cc(F)c1. The molecule has 5 heteroatoms. The van der Waals surface area contributed by atoms with Crippen LogP contribution >= 0.6 is 0 Å². The lowest BCUT2D eigenvalue weighted by Gasteiger charge is -2.24. The highest BCUT2D eigenvalue weighted by molar-refractivity contribution is 5.73. The van der Waals surface area contributed by atoms with E-state index >= 15 is 0 Å². The summed E-state index contributed by atoms with van der Waals surface area (Å²) in [6.07, 6.45) is -1.30. The lowest BCUT2D eigenvalue weighted by Crippen LogP contribution is -2.28. The number of benzene rings is 1. The van der Waals surface area contributed by atoms with Crippen molar-refractivity contribution in [1.82, 2.24) is 0 Å². The molecule has 3 nitrogen and oxygen atoms in total. The summed E-state index contributed by atoms with van der Waals surface area (Å²) in [6.45, 7) is 3.45. The van der Waals surface area contributed by atoms with Crippen LogP contribution in [0.5, 0.6) is 0 Å². The third-order valence-corrected chi connectivity index (χ3v) is 2.76. The van der Waals surface area contributed by atoms with E-state index < -0.39 is 29.6 Å². The number of esters is 1. The number of rotatable bonds is 4. The summed E-state index contributed by atoms with van der Waals surface area (Å²) in [5.41, 5.74) is 0.0246. The van der Waals surface area contributed by atoms with Gasteiger partial charge in [-0.2, -0.15) is 0 Å². The highest BCUT2D eigenvalue weighted by Gasteiger charge is 2.32. The van der Waals surface area contributed by atoms with Crippen molar-refractivity contribution >= 4 is 5.97 Å². The molecule has 100 valence electrons. The van der Waals surface area contributed by atoms with Crippen molar-refractivity contribution in [2.24, 2.45) is 11.8 Å². The lowest BCUT2D eigenvalue weighted by atomic mass is 9.86.